The van der Waals surface area contributed by atoms with Gasteiger partial charge in [-0.05, 0) is 32.2 Å². The number of terminal acetylenes is 1. The van der Waals surface area contributed by atoms with Gasteiger partial charge in [0.2, 0.25) is 5.91 Å². The lowest BCUT2D eigenvalue weighted by atomic mass is 10.2. The minimum Gasteiger partial charge on any atom is -0.342 e. The maximum atomic E-state index is 11.9. The van der Waals surface area contributed by atoms with Crippen molar-refractivity contribution in [2.75, 3.05) is 26.2 Å². The van der Waals surface area contributed by atoms with Crippen molar-refractivity contribution < 1.29 is 4.79 Å². The number of nitrogens with one attached hydrogen (secondary N) is 1. The van der Waals surface area contributed by atoms with Gasteiger partial charge in [0, 0.05) is 19.5 Å². The molecule has 1 rings (SSSR count). The van der Waals surface area contributed by atoms with Crippen LogP contribution in [0, 0.1) is 12.3 Å². The van der Waals surface area contributed by atoms with Gasteiger partial charge in [0.1, 0.15) is 0 Å². The number of rotatable bonds is 6. The molecule has 1 heterocycles. The summed E-state index contributed by atoms with van der Waals surface area (Å²) in [5.74, 6) is 2.88. The molecule has 1 amide bonds. The molecule has 3 heteroatoms. The molecule has 1 aliphatic heterocycles. The van der Waals surface area contributed by atoms with Crippen molar-refractivity contribution in [3.63, 3.8) is 0 Å². The largest absolute Gasteiger partial charge is 0.342 e. The monoisotopic (exact) mass is 236 g/mol. The van der Waals surface area contributed by atoms with Gasteiger partial charge in [-0.2, -0.15) is 0 Å². The highest BCUT2D eigenvalue weighted by atomic mass is 16.2. The quantitative estimate of drug-likeness (QED) is 0.563. The zero-order chi connectivity index (χ0) is 12.3. The fraction of sp³-hybridized carbons (Fsp3) is 0.786. The minimum atomic E-state index is 0.254. The van der Waals surface area contributed by atoms with Gasteiger partial charge in [0.15, 0.2) is 0 Å². The summed E-state index contributed by atoms with van der Waals surface area (Å²) in [4.78, 5) is 13.9. The molecule has 0 aromatic heterocycles. The van der Waals surface area contributed by atoms with E-state index in [1.165, 1.54) is 12.8 Å². The van der Waals surface area contributed by atoms with Crippen LogP contribution in [-0.2, 0) is 4.79 Å². The zero-order valence-corrected chi connectivity index (χ0v) is 10.7. The molecule has 1 fully saturated rings. The Labute approximate surface area is 105 Å². The highest BCUT2D eigenvalue weighted by Gasteiger charge is 2.14. The summed E-state index contributed by atoms with van der Waals surface area (Å²) >= 11 is 0. The molecule has 1 N–H and O–H groups in total. The highest BCUT2D eigenvalue weighted by Crippen LogP contribution is 2.09. The Morgan fingerprint density at radius 1 is 1.18 bits per heavy atom. The lowest BCUT2D eigenvalue weighted by Crippen LogP contribution is -2.38. The molecule has 1 aliphatic rings. The Kier molecular flexibility index (Phi) is 7.49. The van der Waals surface area contributed by atoms with Gasteiger partial charge >= 0.3 is 0 Å². The fourth-order valence-electron chi connectivity index (χ4n) is 2.10. The van der Waals surface area contributed by atoms with E-state index in [2.05, 4.69) is 11.2 Å². The third kappa shape index (κ3) is 6.33. The van der Waals surface area contributed by atoms with E-state index in [1.807, 2.05) is 4.90 Å². The zero-order valence-electron chi connectivity index (χ0n) is 10.7. The van der Waals surface area contributed by atoms with Crippen LogP contribution >= 0.6 is 0 Å². The molecule has 0 saturated carbocycles. The van der Waals surface area contributed by atoms with Crippen LogP contribution in [-0.4, -0.2) is 37.0 Å². The topological polar surface area (TPSA) is 32.3 Å². The van der Waals surface area contributed by atoms with Gasteiger partial charge in [0.05, 0.1) is 6.54 Å². The van der Waals surface area contributed by atoms with Gasteiger partial charge < -0.3 is 10.2 Å². The molecule has 0 bridgehead atoms. The molecule has 0 aliphatic carbocycles. The van der Waals surface area contributed by atoms with Crippen LogP contribution in [0.3, 0.4) is 0 Å². The number of hydrogen-bond donors (Lipinski definition) is 1. The SMILES string of the molecule is C#CCCCCNCC(=O)N1CCCCCC1. The molecule has 1 saturated heterocycles. The van der Waals surface area contributed by atoms with Crippen LogP contribution in [0.5, 0.6) is 0 Å². The molecule has 0 spiro atoms. The summed E-state index contributed by atoms with van der Waals surface area (Å²) in [7, 11) is 0. The molecule has 0 atom stereocenters. The third-order valence-electron chi connectivity index (χ3n) is 3.16. The first kappa shape index (κ1) is 14.1. The molecule has 17 heavy (non-hydrogen) atoms. The second-order valence-corrected chi connectivity index (χ2v) is 4.63. The van der Waals surface area contributed by atoms with Crippen molar-refractivity contribution in [2.24, 2.45) is 0 Å². The van der Waals surface area contributed by atoms with E-state index in [1.54, 1.807) is 0 Å². The number of unbranched alkanes of at least 4 members (excludes halogenated alkanes) is 2. The molecular weight excluding hydrogens is 212 g/mol. The van der Waals surface area contributed by atoms with Crippen LogP contribution < -0.4 is 5.32 Å². The lowest BCUT2D eigenvalue weighted by molar-refractivity contribution is -0.130. The van der Waals surface area contributed by atoms with Crippen LogP contribution in [0.25, 0.3) is 0 Å². The van der Waals surface area contributed by atoms with E-state index in [0.717, 1.165) is 51.7 Å². The van der Waals surface area contributed by atoms with Gasteiger partial charge in [-0.15, -0.1) is 12.3 Å². The van der Waals surface area contributed by atoms with Crippen LogP contribution in [0.1, 0.15) is 44.9 Å². The number of amides is 1. The van der Waals surface area contributed by atoms with E-state index in [4.69, 9.17) is 6.42 Å². The Hall–Kier alpha value is -1.01. The summed E-state index contributed by atoms with van der Waals surface area (Å²) in [6.45, 7) is 3.26. The maximum absolute atomic E-state index is 11.9. The molecule has 96 valence electrons. The van der Waals surface area contributed by atoms with E-state index in [-0.39, 0.29) is 5.91 Å². The van der Waals surface area contributed by atoms with Crippen molar-refractivity contribution in [3.05, 3.63) is 0 Å². The van der Waals surface area contributed by atoms with Crippen molar-refractivity contribution in [3.8, 4) is 12.3 Å². The summed E-state index contributed by atoms with van der Waals surface area (Å²) in [5, 5.41) is 3.20. The highest BCUT2D eigenvalue weighted by molar-refractivity contribution is 5.78. The molecular formula is C14H24N2O. The van der Waals surface area contributed by atoms with Crippen molar-refractivity contribution in [1.29, 1.82) is 0 Å². The summed E-state index contributed by atoms with van der Waals surface area (Å²) < 4.78 is 0. The average molecular weight is 236 g/mol. The lowest BCUT2D eigenvalue weighted by Gasteiger charge is -2.20. The first-order valence-electron chi connectivity index (χ1n) is 6.76. The normalized spacial score (nSPS) is 16.3. The van der Waals surface area contributed by atoms with E-state index < -0.39 is 0 Å². The number of carbonyl (C=O) groups excluding carboxylic acids is 1. The average Bonchev–Trinajstić information content (AvgIpc) is 2.62. The Morgan fingerprint density at radius 2 is 1.88 bits per heavy atom. The second-order valence-electron chi connectivity index (χ2n) is 4.63. The van der Waals surface area contributed by atoms with E-state index in [0.29, 0.717) is 6.54 Å². The molecule has 0 aromatic rings. The fourth-order valence-corrected chi connectivity index (χ4v) is 2.10. The molecule has 3 nitrogen and oxygen atoms in total. The predicted octanol–water partition coefficient (Wildman–Crippen LogP) is 1.78. The van der Waals surface area contributed by atoms with Gasteiger partial charge in [-0.3, -0.25) is 4.79 Å². The Morgan fingerprint density at radius 3 is 2.53 bits per heavy atom. The van der Waals surface area contributed by atoms with Crippen LogP contribution in [0.2, 0.25) is 0 Å². The first-order chi connectivity index (χ1) is 8.34. The summed E-state index contributed by atoms with van der Waals surface area (Å²) in [6.07, 6.45) is 13.0. The number of nitrogens with zero attached hydrogens (tertiary/aromatic N) is 1. The predicted molar refractivity (Wildman–Crippen MR) is 70.6 cm³/mol. The van der Waals surface area contributed by atoms with Crippen LogP contribution in [0.4, 0.5) is 0 Å². The molecule has 0 unspecified atom stereocenters. The molecule has 0 radical (unpaired) electrons. The summed E-state index contributed by atoms with van der Waals surface area (Å²) in [6, 6.07) is 0. The Bertz CT molecular complexity index is 249. The van der Waals surface area contributed by atoms with Gasteiger partial charge in [0.25, 0.3) is 0 Å². The third-order valence-corrected chi connectivity index (χ3v) is 3.16. The van der Waals surface area contributed by atoms with Crippen molar-refractivity contribution >= 4 is 5.91 Å². The first-order valence-corrected chi connectivity index (χ1v) is 6.76. The van der Waals surface area contributed by atoms with E-state index >= 15 is 0 Å². The van der Waals surface area contributed by atoms with Crippen molar-refractivity contribution in [2.45, 2.75) is 44.9 Å². The standard InChI is InChI=1S/C14H24N2O/c1-2-3-4-7-10-15-13-14(17)16-11-8-5-6-9-12-16/h1,15H,3-13H2. The van der Waals surface area contributed by atoms with Crippen LogP contribution in [0.15, 0.2) is 0 Å². The number of likely N-dealkylation sites (tertiary alicyclic amines) is 1. The number of hydrogen-bond acceptors (Lipinski definition) is 2. The molecule has 0 aromatic carbocycles. The second kappa shape index (κ2) is 9.07. The van der Waals surface area contributed by atoms with E-state index in [9.17, 15) is 4.79 Å². The smallest absolute Gasteiger partial charge is 0.236 e. The maximum Gasteiger partial charge on any atom is 0.236 e. The Balaban J connectivity index is 2.05. The number of carbonyl (C=O) groups is 1. The van der Waals surface area contributed by atoms with Gasteiger partial charge in [-0.25, -0.2) is 0 Å². The van der Waals surface area contributed by atoms with Crippen molar-refractivity contribution in [1.82, 2.24) is 10.2 Å². The summed E-state index contributed by atoms with van der Waals surface area (Å²) in [5.41, 5.74) is 0. The van der Waals surface area contributed by atoms with Gasteiger partial charge in [-0.1, -0.05) is 12.8 Å². The minimum absolute atomic E-state index is 0.254.